The standard InChI is InChI=1S/C17H33N3/c1-16(2,3)14-9-12-11-7-8-18-10-13(11)19-15(12)20(14)17(4,5)6/h11-15,18-19H,7-10H2,1-6H3. The Bertz CT molecular complexity index is 365. The third kappa shape index (κ3) is 2.32. The van der Waals surface area contributed by atoms with Gasteiger partial charge in [-0.15, -0.1) is 0 Å². The maximum absolute atomic E-state index is 3.98. The molecular formula is C17H33N3. The first kappa shape index (κ1) is 14.8. The molecule has 2 N–H and O–H groups in total. The number of rotatable bonds is 0. The van der Waals surface area contributed by atoms with Crippen LogP contribution < -0.4 is 10.6 Å². The average molecular weight is 279 g/mol. The van der Waals surface area contributed by atoms with Crippen molar-refractivity contribution >= 4 is 0 Å². The zero-order chi connectivity index (χ0) is 14.7. The van der Waals surface area contributed by atoms with Gasteiger partial charge in [0.05, 0.1) is 6.17 Å². The maximum Gasteiger partial charge on any atom is 0.0639 e. The Hall–Kier alpha value is -0.120. The van der Waals surface area contributed by atoms with E-state index in [-0.39, 0.29) is 5.54 Å². The van der Waals surface area contributed by atoms with Crippen molar-refractivity contribution in [3.63, 3.8) is 0 Å². The average Bonchev–Trinajstić information content (AvgIpc) is 2.81. The smallest absolute Gasteiger partial charge is 0.0639 e. The summed E-state index contributed by atoms with van der Waals surface area (Å²) < 4.78 is 0. The molecule has 0 spiro atoms. The summed E-state index contributed by atoms with van der Waals surface area (Å²) in [5, 5.41) is 7.54. The van der Waals surface area contributed by atoms with Gasteiger partial charge in [-0.1, -0.05) is 20.8 Å². The Morgan fingerprint density at radius 3 is 2.30 bits per heavy atom. The number of nitrogens with one attached hydrogen (secondary N) is 2. The predicted molar refractivity (Wildman–Crippen MR) is 84.6 cm³/mol. The van der Waals surface area contributed by atoms with E-state index in [4.69, 9.17) is 0 Å². The van der Waals surface area contributed by atoms with Gasteiger partial charge in [0.2, 0.25) is 0 Å². The zero-order valence-corrected chi connectivity index (χ0v) is 14.2. The van der Waals surface area contributed by atoms with Crippen molar-refractivity contribution in [3.8, 4) is 0 Å². The molecule has 3 aliphatic heterocycles. The Kier molecular flexibility index (Phi) is 3.47. The molecule has 5 atom stereocenters. The Morgan fingerprint density at radius 1 is 1.00 bits per heavy atom. The van der Waals surface area contributed by atoms with Gasteiger partial charge in [0.1, 0.15) is 0 Å². The number of hydrogen-bond acceptors (Lipinski definition) is 3. The van der Waals surface area contributed by atoms with Crippen molar-refractivity contribution in [3.05, 3.63) is 0 Å². The second-order valence-electron chi connectivity index (χ2n) is 9.23. The molecule has 20 heavy (non-hydrogen) atoms. The van der Waals surface area contributed by atoms with Gasteiger partial charge in [0.25, 0.3) is 0 Å². The summed E-state index contributed by atoms with van der Waals surface area (Å²) in [6, 6.07) is 1.39. The molecule has 0 radical (unpaired) electrons. The summed E-state index contributed by atoms with van der Waals surface area (Å²) >= 11 is 0. The predicted octanol–water partition coefficient (Wildman–Crippen LogP) is 2.43. The molecule has 0 aromatic rings. The highest BCUT2D eigenvalue weighted by Crippen LogP contribution is 2.49. The van der Waals surface area contributed by atoms with E-state index in [1.807, 2.05) is 0 Å². The molecule has 3 aliphatic rings. The second kappa shape index (κ2) is 4.69. The number of piperidine rings is 1. The van der Waals surface area contributed by atoms with Crippen molar-refractivity contribution in [2.24, 2.45) is 17.3 Å². The summed E-state index contributed by atoms with van der Waals surface area (Å²) in [5.41, 5.74) is 0.604. The van der Waals surface area contributed by atoms with E-state index in [9.17, 15) is 0 Å². The van der Waals surface area contributed by atoms with E-state index in [0.717, 1.165) is 18.4 Å². The van der Waals surface area contributed by atoms with Crippen molar-refractivity contribution in [1.82, 2.24) is 15.5 Å². The van der Waals surface area contributed by atoms with Gasteiger partial charge in [0.15, 0.2) is 0 Å². The van der Waals surface area contributed by atoms with Crippen LogP contribution in [0.25, 0.3) is 0 Å². The lowest BCUT2D eigenvalue weighted by atomic mass is 9.78. The third-order valence-electron chi connectivity index (χ3n) is 5.78. The highest BCUT2D eigenvalue weighted by Gasteiger charge is 2.56. The molecule has 3 heterocycles. The summed E-state index contributed by atoms with van der Waals surface area (Å²) in [6.45, 7) is 16.8. The van der Waals surface area contributed by atoms with Gasteiger partial charge < -0.3 is 5.32 Å². The van der Waals surface area contributed by atoms with Crippen LogP contribution in [0.3, 0.4) is 0 Å². The lowest BCUT2D eigenvalue weighted by molar-refractivity contribution is 0.0143. The monoisotopic (exact) mass is 279 g/mol. The fourth-order valence-corrected chi connectivity index (χ4v) is 4.96. The van der Waals surface area contributed by atoms with E-state index in [2.05, 4.69) is 57.1 Å². The number of likely N-dealkylation sites (tertiary alicyclic amines) is 1. The first-order valence-electron chi connectivity index (χ1n) is 8.45. The SMILES string of the molecule is CC(C)(C)C1CC2C3CCNCC3NC2N1C(C)(C)C. The van der Waals surface area contributed by atoms with Crippen LogP contribution in [0.1, 0.15) is 54.4 Å². The zero-order valence-electron chi connectivity index (χ0n) is 14.2. The molecule has 0 saturated carbocycles. The first-order chi connectivity index (χ1) is 9.19. The second-order valence-corrected chi connectivity index (χ2v) is 9.23. The minimum absolute atomic E-state index is 0.241. The molecule has 3 saturated heterocycles. The van der Waals surface area contributed by atoms with Gasteiger partial charge in [-0.05, 0) is 57.4 Å². The first-order valence-corrected chi connectivity index (χ1v) is 8.45. The largest absolute Gasteiger partial charge is 0.315 e. The molecule has 3 rings (SSSR count). The van der Waals surface area contributed by atoms with Gasteiger partial charge in [0, 0.05) is 24.2 Å². The van der Waals surface area contributed by atoms with Gasteiger partial charge >= 0.3 is 0 Å². The highest BCUT2D eigenvalue weighted by atomic mass is 15.4. The molecule has 116 valence electrons. The number of hydrogen-bond donors (Lipinski definition) is 2. The van der Waals surface area contributed by atoms with E-state index >= 15 is 0 Å². The number of nitrogens with zero attached hydrogens (tertiary/aromatic N) is 1. The Morgan fingerprint density at radius 2 is 1.70 bits per heavy atom. The van der Waals surface area contributed by atoms with Crippen molar-refractivity contribution in [2.75, 3.05) is 13.1 Å². The molecule has 3 fully saturated rings. The molecule has 0 aromatic carbocycles. The fraction of sp³-hybridized carbons (Fsp3) is 1.00. The summed E-state index contributed by atoms with van der Waals surface area (Å²) in [5.74, 6) is 1.74. The van der Waals surface area contributed by atoms with Crippen LogP contribution in [0.2, 0.25) is 0 Å². The molecule has 0 bridgehead atoms. The van der Waals surface area contributed by atoms with Crippen LogP contribution in [-0.4, -0.2) is 41.8 Å². The molecule has 3 heteroatoms. The van der Waals surface area contributed by atoms with Crippen molar-refractivity contribution in [2.45, 2.75) is 78.2 Å². The maximum atomic E-state index is 3.98. The molecule has 0 aromatic heterocycles. The molecule has 5 unspecified atom stereocenters. The van der Waals surface area contributed by atoms with Crippen LogP contribution in [0.15, 0.2) is 0 Å². The van der Waals surface area contributed by atoms with Crippen LogP contribution in [0.5, 0.6) is 0 Å². The van der Waals surface area contributed by atoms with Crippen molar-refractivity contribution < 1.29 is 0 Å². The minimum Gasteiger partial charge on any atom is -0.315 e. The topological polar surface area (TPSA) is 27.3 Å². The van der Waals surface area contributed by atoms with Crippen LogP contribution in [0, 0.1) is 17.3 Å². The molecule has 3 nitrogen and oxygen atoms in total. The fourth-order valence-electron chi connectivity index (χ4n) is 4.96. The Balaban J connectivity index is 1.89. The van der Waals surface area contributed by atoms with E-state index in [1.165, 1.54) is 19.4 Å². The van der Waals surface area contributed by atoms with Crippen LogP contribution in [0.4, 0.5) is 0 Å². The summed E-state index contributed by atoms with van der Waals surface area (Å²) in [7, 11) is 0. The molecular weight excluding hydrogens is 246 g/mol. The number of fused-ring (bicyclic) bond motifs is 3. The highest BCUT2D eigenvalue weighted by molar-refractivity contribution is 5.10. The van der Waals surface area contributed by atoms with Gasteiger partial charge in [-0.3, -0.25) is 10.2 Å². The van der Waals surface area contributed by atoms with Gasteiger partial charge in [-0.2, -0.15) is 0 Å². The third-order valence-corrected chi connectivity index (χ3v) is 5.78. The quantitative estimate of drug-likeness (QED) is 0.713. The van der Waals surface area contributed by atoms with Gasteiger partial charge in [-0.25, -0.2) is 0 Å². The van der Waals surface area contributed by atoms with E-state index in [1.54, 1.807) is 0 Å². The lowest BCUT2D eigenvalue weighted by Gasteiger charge is -2.46. The molecule has 0 aliphatic carbocycles. The van der Waals surface area contributed by atoms with Crippen molar-refractivity contribution in [1.29, 1.82) is 0 Å². The summed E-state index contributed by atoms with van der Waals surface area (Å²) in [4.78, 5) is 2.80. The van der Waals surface area contributed by atoms with E-state index < -0.39 is 0 Å². The van der Waals surface area contributed by atoms with Crippen LogP contribution >= 0.6 is 0 Å². The van der Waals surface area contributed by atoms with Crippen LogP contribution in [-0.2, 0) is 0 Å². The Labute approximate surface area is 124 Å². The van der Waals surface area contributed by atoms with E-state index in [0.29, 0.717) is 23.7 Å². The minimum atomic E-state index is 0.241. The summed E-state index contributed by atoms with van der Waals surface area (Å²) in [6.07, 6.45) is 3.32. The molecule has 0 amide bonds. The normalized spacial score (nSPS) is 42.6. The lowest BCUT2D eigenvalue weighted by Crippen LogP contribution is -2.58.